The molecule has 0 spiro atoms. The average molecular weight is 905 g/mol. The highest BCUT2D eigenvalue weighted by atomic mass is 16.5. The van der Waals surface area contributed by atoms with Crippen LogP contribution in [0.3, 0.4) is 0 Å². The lowest BCUT2D eigenvalue weighted by Gasteiger charge is -2.32. The molecule has 9 aromatic carbocycles. The van der Waals surface area contributed by atoms with Gasteiger partial charge in [0.2, 0.25) is 0 Å². The normalized spacial score (nSPS) is 13.3. The maximum atomic E-state index is 6.88. The maximum absolute atomic E-state index is 6.88. The van der Waals surface area contributed by atoms with Crippen LogP contribution in [0.25, 0.3) is 81.4 Å². The lowest BCUT2D eigenvalue weighted by Crippen LogP contribution is -2.15. The molecule has 0 unspecified atom stereocenters. The Hall–Kier alpha value is -8.74. The Balaban J connectivity index is 1.18. The second-order valence-electron chi connectivity index (χ2n) is 19.0. The molecule has 0 bridgehead atoms. The molecule has 0 fully saturated rings. The predicted octanol–water partition coefficient (Wildman–Crippen LogP) is 18.2. The van der Waals surface area contributed by atoms with Gasteiger partial charge in [0.05, 0.1) is 29.0 Å². The van der Waals surface area contributed by atoms with Crippen LogP contribution in [0.4, 0.5) is 34.4 Å². The summed E-state index contributed by atoms with van der Waals surface area (Å²) < 4.78 is 13.5. The zero-order valence-electron chi connectivity index (χ0n) is 39.4. The Morgan fingerprint density at radius 3 is 1.63 bits per heavy atom. The monoisotopic (exact) mass is 904 g/mol. The first-order chi connectivity index (χ1) is 34.3. The van der Waals surface area contributed by atoms with Gasteiger partial charge in [0, 0.05) is 50.3 Å². The maximum Gasteiger partial charge on any atom is 0.159 e. The second-order valence-corrected chi connectivity index (χ2v) is 19.0. The summed E-state index contributed by atoms with van der Waals surface area (Å²) in [6, 6.07) is 56.5. The van der Waals surface area contributed by atoms with Gasteiger partial charge in [-0.15, -0.1) is 0 Å². The van der Waals surface area contributed by atoms with Gasteiger partial charge >= 0.3 is 0 Å². The van der Waals surface area contributed by atoms with Gasteiger partial charge in [-0.3, -0.25) is 9.80 Å². The molecule has 0 atom stereocenters. The van der Waals surface area contributed by atoms with E-state index in [2.05, 4.69) is 196 Å². The van der Waals surface area contributed by atoms with E-state index >= 15 is 0 Å². The first-order valence-electron chi connectivity index (χ1n) is 24.1. The van der Waals surface area contributed by atoms with Crippen LogP contribution in [0.5, 0.6) is 5.75 Å². The van der Waals surface area contributed by atoms with Crippen LogP contribution in [-0.4, -0.2) is 9.97 Å². The zero-order chi connectivity index (χ0) is 47.2. The molecule has 0 saturated heterocycles. The fourth-order valence-electron chi connectivity index (χ4n) is 11.0. The molecular formula is C64H48N4O2. The van der Waals surface area contributed by atoms with Gasteiger partial charge in [-0.05, 0) is 109 Å². The van der Waals surface area contributed by atoms with Crippen molar-refractivity contribution in [1.82, 2.24) is 9.97 Å². The molecule has 1 aliphatic rings. The lowest BCUT2D eigenvalue weighted by atomic mass is 9.84. The van der Waals surface area contributed by atoms with Crippen LogP contribution in [0, 0.1) is 0 Å². The molecule has 13 rings (SSSR count). The van der Waals surface area contributed by atoms with Gasteiger partial charge in [-0.2, -0.15) is 0 Å². The van der Waals surface area contributed by atoms with Gasteiger partial charge in [0.1, 0.15) is 17.2 Å². The number of furan rings is 1. The van der Waals surface area contributed by atoms with Gasteiger partial charge in [0.15, 0.2) is 11.3 Å². The Morgan fingerprint density at radius 1 is 0.471 bits per heavy atom. The molecule has 12 aromatic rings. The minimum absolute atomic E-state index is 0.178. The third-order valence-corrected chi connectivity index (χ3v) is 14.3. The van der Waals surface area contributed by atoms with E-state index in [1.54, 1.807) is 6.26 Å². The highest BCUT2D eigenvalue weighted by molar-refractivity contribution is 6.30. The summed E-state index contributed by atoms with van der Waals surface area (Å²) in [5.74, 6) is 2.71. The summed E-state index contributed by atoms with van der Waals surface area (Å²) in [5.41, 5.74) is 9.75. The SMILES string of the molecule is C=C1/C=C\C=COc2c1cccc2N(c1nccc2ccccc12)c1cc(C(C)C)c2ccc3c(N(c4nccc5ccccc45)c4cccc5c4oc4ccccc45)cc(C(C)C)c4ccc1c2c43. The molecule has 1 aliphatic heterocycles. The quantitative estimate of drug-likeness (QED) is 0.142. The van der Waals surface area contributed by atoms with Crippen molar-refractivity contribution in [1.29, 1.82) is 0 Å². The Morgan fingerprint density at radius 2 is 1.00 bits per heavy atom. The van der Waals surface area contributed by atoms with Gasteiger partial charge < -0.3 is 9.15 Å². The molecule has 0 aliphatic carbocycles. The first-order valence-corrected chi connectivity index (χ1v) is 24.1. The minimum atomic E-state index is 0.178. The standard InChI is InChI=1S/C64H48N4O2/c1-38(2)52-36-56(67(63-44-19-8-6-17-41(44)31-33-65-63)54-24-14-22-43-40(5)16-12-13-35-69-61(43)54)50-29-27-48-53(39(3)4)37-57(51-30-28-47(52)59(50)60(48)51)68(64-45-20-9-7-18-42(45)32-34-66-64)55-25-15-23-49-46-21-10-11-26-58(46)70-62(49)55/h6-39H,5H2,1-4H3/b16-12-,35-13?. The highest BCUT2D eigenvalue weighted by Crippen LogP contribution is 2.54. The van der Waals surface area contributed by atoms with Gasteiger partial charge in [0.25, 0.3) is 0 Å². The van der Waals surface area contributed by atoms with Crippen molar-refractivity contribution in [3.05, 3.63) is 218 Å². The van der Waals surface area contributed by atoms with E-state index in [1.807, 2.05) is 36.7 Å². The average Bonchev–Trinajstić information content (AvgIpc) is 3.77. The molecule has 0 N–H and O–H groups in total. The van der Waals surface area contributed by atoms with Crippen LogP contribution < -0.4 is 14.5 Å². The number of fused-ring (bicyclic) bond motifs is 6. The van der Waals surface area contributed by atoms with Crippen molar-refractivity contribution in [3.8, 4) is 5.75 Å². The number of rotatable bonds is 8. The molecule has 0 radical (unpaired) electrons. The van der Waals surface area contributed by atoms with E-state index < -0.39 is 0 Å². The van der Waals surface area contributed by atoms with Gasteiger partial charge in [-0.1, -0.05) is 162 Å². The molecular weight excluding hydrogens is 857 g/mol. The smallest absolute Gasteiger partial charge is 0.159 e. The van der Waals surface area contributed by atoms with Crippen molar-refractivity contribution < 1.29 is 9.15 Å². The summed E-state index contributed by atoms with van der Waals surface area (Å²) in [4.78, 5) is 15.2. The fraction of sp³-hybridized carbons (Fsp3) is 0.0938. The summed E-state index contributed by atoms with van der Waals surface area (Å²) in [7, 11) is 0. The summed E-state index contributed by atoms with van der Waals surface area (Å²) in [6.45, 7) is 13.7. The number of ether oxygens (including phenoxy) is 1. The van der Waals surface area contributed by atoms with Crippen molar-refractivity contribution in [3.63, 3.8) is 0 Å². The number of hydrogen-bond acceptors (Lipinski definition) is 6. The number of benzene rings is 9. The van der Waals surface area contributed by atoms with Crippen LogP contribution in [0.2, 0.25) is 0 Å². The van der Waals surface area contributed by atoms with Crippen molar-refractivity contribution in [2.75, 3.05) is 9.80 Å². The minimum Gasteiger partial charge on any atom is -0.462 e. The largest absolute Gasteiger partial charge is 0.462 e. The Labute approximate surface area is 406 Å². The van der Waals surface area contributed by atoms with Crippen LogP contribution in [0.15, 0.2) is 206 Å². The molecule has 4 heterocycles. The van der Waals surface area contributed by atoms with E-state index in [1.165, 1.54) is 32.7 Å². The summed E-state index contributed by atoms with van der Waals surface area (Å²) in [6.07, 6.45) is 11.5. The van der Waals surface area contributed by atoms with Crippen molar-refractivity contribution in [2.45, 2.75) is 39.5 Å². The molecule has 0 amide bonds. The van der Waals surface area contributed by atoms with Crippen LogP contribution >= 0.6 is 0 Å². The second kappa shape index (κ2) is 16.2. The van der Waals surface area contributed by atoms with Crippen molar-refractivity contribution >= 4 is 116 Å². The highest BCUT2D eigenvalue weighted by Gasteiger charge is 2.30. The van der Waals surface area contributed by atoms with Crippen molar-refractivity contribution in [2.24, 2.45) is 0 Å². The zero-order valence-corrected chi connectivity index (χ0v) is 39.4. The summed E-state index contributed by atoms with van der Waals surface area (Å²) in [5, 5.41) is 13.5. The first kappa shape index (κ1) is 41.4. The van der Waals surface area contributed by atoms with E-state index in [4.69, 9.17) is 19.1 Å². The van der Waals surface area contributed by atoms with E-state index in [-0.39, 0.29) is 11.8 Å². The number of para-hydroxylation sites is 3. The number of anilines is 6. The third-order valence-electron chi connectivity index (χ3n) is 14.3. The topological polar surface area (TPSA) is 54.6 Å². The number of nitrogens with zero attached hydrogens (tertiary/aromatic N) is 4. The molecule has 70 heavy (non-hydrogen) atoms. The number of aromatic nitrogens is 2. The van der Waals surface area contributed by atoms with Gasteiger partial charge in [-0.25, -0.2) is 9.97 Å². The Kier molecular flexibility index (Phi) is 9.60. The number of pyridine rings is 2. The number of allylic oxidation sites excluding steroid dienone is 4. The van der Waals surface area contributed by atoms with E-state index in [0.717, 1.165) is 99.8 Å². The Bertz CT molecular complexity index is 4150. The predicted molar refractivity (Wildman–Crippen MR) is 294 cm³/mol. The van der Waals surface area contributed by atoms with E-state index in [0.29, 0.717) is 5.75 Å². The van der Waals surface area contributed by atoms with E-state index in [9.17, 15) is 0 Å². The number of hydrogen-bond donors (Lipinski definition) is 0. The van der Waals surface area contributed by atoms with Crippen LogP contribution in [0.1, 0.15) is 56.2 Å². The molecule has 3 aromatic heterocycles. The fourth-order valence-corrected chi connectivity index (χ4v) is 11.0. The molecule has 0 saturated carbocycles. The molecule has 6 nitrogen and oxygen atoms in total. The summed E-state index contributed by atoms with van der Waals surface area (Å²) >= 11 is 0. The van der Waals surface area contributed by atoms with Crippen LogP contribution in [-0.2, 0) is 0 Å². The molecule has 6 heteroatoms. The third kappa shape index (κ3) is 6.33. The molecule has 336 valence electrons. The lowest BCUT2D eigenvalue weighted by molar-refractivity contribution is 0.480.